The molecule has 0 saturated carbocycles. The van der Waals surface area contributed by atoms with Crippen LogP contribution in [0.25, 0.3) is 0 Å². The zero-order valence-electron chi connectivity index (χ0n) is 8.79. The van der Waals surface area contributed by atoms with Gasteiger partial charge >= 0.3 is 0 Å². The Morgan fingerprint density at radius 1 is 1.46 bits per heavy atom. The lowest BCUT2D eigenvalue weighted by Gasteiger charge is -2.32. The van der Waals surface area contributed by atoms with Crippen LogP contribution in [0.4, 0.5) is 0 Å². The topological polar surface area (TPSA) is 29.3 Å². The van der Waals surface area contributed by atoms with Crippen LogP contribution in [-0.4, -0.2) is 28.5 Å². The van der Waals surface area contributed by atoms with E-state index in [9.17, 15) is 0 Å². The van der Waals surface area contributed by atoms with E-state index in [1.165, 1.54) is 6.42 Å². The summed E-state index contributed by atoms with van der Waals surface area (Å²) in [5.41, 5.74) is 5.72. The summed E-state index contributed by atoms with van der Waals surface area (Å²) in [7, 11) is 0. The molecule has 2 nitrogen and oxygen atoms in total. The molecule has 0 spiro atoms. The van der Waals surface area contributed by atoms with Gasteiger partial charge in [-0.1, -0.05) is 26.1 Å². The highest BCUT2D eigenvalue weighted by Crippen LogP contribution is 2.23. The van der Waals surface area contributed by atoms with E-state index < -0.39 is 0 Å². The Bertz CT molecular complexity index is 191. The van der Waals surface area contributed by atoms with Gasteiger partial charge in [0.25, 0.3) is 0 Å². The summed E-state index contributed by atoms with van der Waals surface area (Å²) < 4.78 is 0. The van der Waals surface area contributed by atoms with E-state index in [1.807, 2.05) is 0 Å². The van der Waals surface area contributed by atoms with Gasteiger partial charge in [0.05, 0.1) is 11.0 Å². The Balaban J connectivity index is 2.62. The van der Waals surface area contributed by atoms with Crippen LogP contribution in [0.2, 0.25) is 0 Å². The molecule has 1 heterocycles. The summed E-state index contributed by atoms with van der Waals surface area (Å²) in [6.07, 6.45) is 2.38. The van der Waals surface area contributed by atoms with Crippen LogP contribution in [0.1, 0.15) is 33.6 Å². The van der Waals surface area contributed by atoms with E-state index >= 15 is 0 Å². The van der Waals surface area contributed by atoms with Gasteiger partial charge in [0.1, 0.15) is 0 Å². The largest absolute Gasteiger partial charge is 0.392 e. The maximum absolute atomic E-state index is 5.72. The molecule has 1 fully saturated rings. The van der Waals surface area contributed by atoms with Gasteiger partial charge in [-0.25, -0.2) is 0 Å². The average molecular weight is 200 g/mol. The molecule has 0 aromatic heterocycles. The van der Waals surface area contributed by atoms with Gasteiger partial charge < -0.3 is 5.73 Å². The fourth-order valence-electron chi connectivity index (χ4n) is 1.96. The van der Waals surface area contributed by atoms with Crippen molar-refractivity contribution in [2.24, 2.45) is 11.7 Å². The summed E-state index contributed by atoms with van der Waals surface area (Å²) in [6.45, 7) is 7.92. The molecule has 2 N–H and O–H groups in total. The number of likely N-dealkylation sites (tertiary alicyclic amines) is 1. The second-order valence-corrected chi connectivity index (χ2v) is 4.75. The second kappa shape index (κ2) is 4.38. The minimum Gasteiger partial charge on any atom is -0.392 e. The smallest absolute Gasteiger partial charge is 0.0902 e. The van der Waals surface area contributed by atoms with E-state index in [-0.39, 0.29) is 0 Å². The molecule has 1 aliphatic heterocycles. The lowest BCUT2D eigenvalue weighted by molar-refractivity contribution is 0.185. The minimum absolute atomic E-state index is 0.354. The summed E-state index contributed by atoms with van der Waals surface area (Å²) in [4.78, 5) is 3.12. The molecule has 0 bridgehead atoms. The number of hydrogen-bond acceptors (Lipinski definition) is 2. The lowest BCUT2D eigenvalue weighted by Crippen LogP contribution is -2.45. The first-order valence-electron chi connectivity index (χ1n) is 5.09. The van der Waals surface area contributed by atoms with Gasteiger partial charge in [-0.15, -0.1) is 0 Å². The highest BCUT2D eigenvalue weighted by atomic mass is 32.1. The van der Waals surface area contributed by atoms with Gasteiger partial charge in [-0.05, 0) is 32.2 Å². The molecular weight excluding hydrogens is 180 g/mol. The molecule has 0 aromatic carbocycles. The molecule has 0 aromatic rings. The molecule has 1 saturated heterocycles. The number of hydrogen-bond donors (Lipinski definition) is 1. The van der Waals surface area contributed by atoms with Crippen molar-refractivity contribution < 1.29 is 0 Å². The van der Waals surface area contributed by atoms with Crippen molar-refractivity contribution in [3.05, 3.63) is 0 Å². The molecular formula is C10H20N2S. The van der Waals surface area contributed by atoms with Crippen molar-refractivity contribution in [2.75, 3.05) is 6.54 Å². The molecule has 0 aliphatic carbocycles. The molecule has 2 atom stereocenters. The summed E-state index contributed by atoms with van der Waals surface area (Å²) in [5.74, 6) is 0.676. The number of thiocarbonyl (C=S) groups is 1. The Morgan fingerprint density at radius 2 is 2.08 bits per heavy atom. The van der Waals surface area contributed by atoms with Gasteiger partial charge in [0.15, 0.2) is 0 Å². The molecule has 0 amide bonds. The van der Waals surface area contributed by atoms with Crippen molar-refractivity contribution in [3.63, 3.8) is 0 Å². The third kappa shape index (κ3) is 2.41. The fourth-order valence-corrected chi connectivity index (χ4v) is 2.22. The fraction of sp³-hybridized carbons (Fsp3) is 0.900. The Hall–Kier alpha value is -0.150. The molecule has 1 rings (SSSR count). The maximum Gasteiger partial charge on any atom is 0.0902 e. The highest BCUT2D eigenvalue weighted by molar-refractivity contribution is 7.80. The monoisotopic (exact) mass is 200 g/mol. The molecule has 0 radical (unpaired) electrons. The Kier molecular flexibility index (Phi) is 3.68. The number of rotatable bonds is 3. The van der Waals surface area contributed by atoms with Crippen LogP contribution < -0.4 is 5.73 Å². The Labute approximate surface area is 86.5 Å². The predicted octanol–water partition coefficient (Wildman–Crippen LogP) is 1.78. The Morgan fingerprint density at radius 3 is 2.54 bits per heavy atom. The van der Waals surface area contributed by atoms with Crippen LogP contribution >= 0.6 is 12.2 Å². The third-order valence-electron chi connectivity index (χ3n) is 3.11. The van der Waals surface area contributed by atoms with E-state index in [0.717, 1.165) is 13.0 Å². The molecule has 3 heteroatoms. The minimum atomic E-state index is 0.354. The first-order chi connectivity index (χ1) is 6.04. The highest BCUT2D eigenvalue weighted by Gasteiger charge is 2.31. The van der Waals surface area contributed by atoms with Crippen molar-refractivity contribution in [3.8, 4) is 0 Å². The van der Waals surface area contributed by atoms with E-state index in [0.29, 0.717) is 23.0 Å². The zero-order chi connectivity index (χ0) is 10.0. The number of nitrogens with zero attached hydrogens (tertiary/aromatic N) is 1. The normalized spacial score (nSPS) is 26.6. The average Bonchev–Trinajstić information content (AvgIpc) is 2.50. The van der Waals surface area contributed by atoms with Gasteiger partial charge in [0, 0.05) is 6.04 Å². The van der Waals surface area contributed by atoms with E-state index in [2.05, 4.69) is 25.7 Å². The standard InChI is InChI=1S/C10H20N2S/c1-7(2)8(3)12-6-4-5-9(12)10(11)13/h7-9H,4-6H2,1-3H3,(H2,11,13). The third-order valence-corrected chi connectivity index (χ3v) is 3.38. The van der Waals surface area contributed by atoms with Crippen molar-refractivity contribution in [1.29, 1.82) is 0 Å². The summed E-state index contributed by atoms with van der Waals surface area (Å²) in [6, 6.07) is 0.946. The van der Waals surface area contributed by atoms with Crippen LogP contribution in [0, 0.1) is 5.92 Å². The molecule has 1 aliphatic rings. The van der Waals surface area contributed by atoms with E-state index in [4.69, 9.17) is 18.0 Å². The quantitative estimate of drug-likeness (QED) is 0.704. The second-order valence-electron chi connectivity index (χ2n) is 4.28. The molecule has 13 heavy (non-hydrogen) atoms. The van der Waals surface area contributed by atoms with Crippen LogP contribution in [0.15, 0.2) is 0 Å². The van der Waals surface area contributed by atoms with Crippen LogP contribution in [-0.2, 0) is 0 Å². The first-order valence-corrected chi connectivity index (χ1v) is 5.50. The predicted molar refractivity (Wildman–Crippen MR) is 60.8 cm³/mol. The summed E-state index contributed by atoms with van der Waals surface area (Å²) in [5, 5.41) is 0. The SMILES string of the molecule is CC(C)C(C)N1CCCC1C(N)=S. The van der Waals surface area contributed by atoms with Gasteiger partial charge in [-0.3, -0.25) is 4.90 Å². The summed E-state index contributed by atoms with van der Waals surface area (Å²) >= 11 is 5.07. The molecule has 2 unspecified atom stereocenters. The first kappa shape index (κ1) is 10.9. The lowest BCUT2D eigenvalue weighted by atomic mass is 10.0. The van der Waals surface area contributed by atoms with Gasteiger partial charge in [-0.2, -0.15) is 0 Å². The maximum atomic E-state index is 5.72. The van der Waals surface area contributed by atoms with Crippen LogP contribution in [0.5, 0.6) is 0 Å². The van der Waals surface area contributed by atoms with E-state index in [1.54, 1.807) is 0 Å². The van der Waals surface area contributed by atoms with Crippen LogP contribution in [0.3, 0.4) is 0 Å². The van der Waals surface area contributed by atoms with Crippen molar-refractivity contribution in [1.82, 2.24) is 4.90 Å². The van der Waals surface area contributed by atoms with Crippen molar-refractivity contribution in [2.45, 2.75) is 45.7 Å². The molecule has 76 valence electrons. The van der Waals surface area contributed by atoms with Crippen molar-refractivity contribution >= 4 is 17.2 Å². The van der Waals surface area contributed by atoms with Gasteiger partial charge in [0.2, 0.25) is 0 Å². The zero-order valence-corrected chi connectivity index (χ0v) is 9.60. The number of nitrogens with two attached hydrogens (primary N) is 1.